The molecule has 1 aliphatic carbocycles. The minimum absolute atomic E-state index is 0.196. The van der Waals surface area contributed by atoms with Gasteiger partial charge in [0.05, 0.1) is 5.52 Å². The van der Waals surface area contributed by atoms with E-state index in [-0.39, 0.29) is 6.09 Å². The zero-order valence-corrected chi connectivity index (χ0v) is 21.4. The van der Waals surface area contributed by atoms with Gasteiger partial charge in [0.2, 0.25) is 5.95 Å². The number of carbonyl (C=O) groups is 1. The Balaban J connectivity index is 1.22. The number of carbonyl (C=O) groups excluding carboxylic acids is 1. The van der Waals surface area contributed by atoms with Crippen molar-refractivity contribution in [3.63, 3.8) is 0 Å². The van der Waals surface area contributed by atoms with Crippen LogP contribution in [-0.2, 0) is 11.8 Å². The molecule has 2 N–H and O–H groups in total. The van der Waals surface area contributed by atoms with Crippen LogP contribution in [0.1, 0.15) is 44.9 Å². The summed E-state index contributed by atoms with van der Waals surface area (Å²) in [5.41, 5.74) is 3.54. The number of fused-ring (bicyclic) bond motifs is 2. The molecule has 1 amide bonds. The van der Waals surface area contributed by atoms with Crippen molar-refractivity contribution >= 4 is 34.4 Å². The number of likely N-dealkylation sites (tertiary alicyclic amines) is 1. The molecule has 0 bridgehead atoms. The van der Waals surface area contributed by atoms with Gasteiger partial charge in [-0.3, -0.25) is 4.68 Å². The number of ether oxygens (including phenoxy) is 1. The van der Waals surface area contributed by atoms with Crippen molar-refractivity contribution in [2.45, 2.75) is 59.1 Å². The average molecular weight is 478 g/mol. The normalized spacial score (nSPS) is 21.9. The van der Waals surface area contributed by atoms with E-state index in [1.807, 2.05) is 62.7 Å². The van der Waals surface area contributed by atoms with E-state index < -0.39 is 5.60 Å². The largest absolute Gasteiger partial charge is 0.444 e. The lowest BCUT2D eigenvalue weighted by atomic mass is 10.0. The number of anilines is 3. The topological polar surface area (TPSA) is 97.2 Å². The smallest absolute Gasteiger partial charge is 0.410 e. The highest BCUT2D eigenvalue weighted by molar-refractivity contribution is 5.85. The van der Waals surface area contributed by atoms with Crippen LogP contribution in [0.15, 0.2) is 24.4 Å². The van der Waals surface area contributed by atoms with E-state index in [0.29, 0.717) is 23.8 Å². The molecule has 1 aliphatic heterocycles. The summed E-state index contributed by atoms with van der Waals surface area (Å²) < 4.78 is 7.45. The van der Waals surface area contributed by atoms with Gasteiger partial charge in [-0.05, 0) is 77.5 Å². The zero-order chi connectivity index (χ0) is 24.9. The van der Waals surface area contributed by atoms with Crippen LogP contribution in [0, 0.1) is 25.7 Å². The molecule has 2 unspecified atom stereocenters. The van der Waals surface area contributed by atoms with E-state index in [1.165, 1.54) is 0 Å². The first-order valence-electron chi connectivity index (χ1n) is 12.3. The van der Waals surface area contributed by atoms with E-state index in [9.17, 15) is 4.79 Å². The molecule has 9 heteroatoms. The highest BCUT2D eigenvalue weighted by Crippen LogP contribution is 2.40. The molecular weight excluding hydrogens is 442 g/mol. The number of benzene rings is 1. The van der Waals surface area contributed by atoms with Crippen molar-refractivity contribution < 1.29 is 9.53 Å². The first-order valence-corrected chi connectivity index (χ1v) is 12.3. The second-order valence-electron chi connectivity index (χ2n) is 11.0. The molecule has 1 saturated carbocycles. The van der Waals surface area contributed by atoms with Gasteiger partial charge in [-0.2, -0.15) is 10.1 Å². The fourth-order valence-electron chi connectivity index (χ4n) is 5.27. The molecule has 3 aromatic rings. The van der Waals surface area contributed by atoms with E-state index in [1.54, 1.807) is 0 Å². The fraction of sp³-hybridized carbons (Fsp3) is 0.538. The predicted molar refractivity (Wildman–Crippen MR) is 137 cm³/mol. The summed E-state index contributed by atoms with van der Waals surface area (Å²) in [5, 5.41) is 12.7. The molecule has 186 valence electrons. The van der Waals surface area contributed by atoms with Crippen LogP contribution >= 0.6 is 0 Å². The Labute approximate surface area is 206 Å². The molecule has 0 radical (unpaired) electrons. The van der Waals surface area contributed by atoms with E-state index >= 15 is 0 Å². The van der Waals surface area contributed by atoms with Gasteiger partial charge in [-0.25, -0.2) is 9.78 Å². The summed E-state index contributed by atoms with van der Waals surface area (Å²) in [4.78, 5) is 23.6. The monoisotopic (exact) mass is 477 g/mol. The summed E-state index contributed by atoms with van der Waals surface area (Å²) in [7, 11) is 1.95. The average Bonchev–Trinajstić information content (AvgIpc) is 3.41. The number of amides is 1. The third kappa shape index (κ3) is 4.90. The van der Waals surface area contributed by atoms with Crippen LogP contribution in [0.4, 0.5) is 22.2 Å². The molecule has 2 atom stereocenters. The summed E-state index contributed by atoms with van der Waals surface area (Å²) in [6, 6.07) is 6.46. The molecule has 2 fully saturated rings. The van der Waals surface area contributed by atoms with Crippen LogP contribution in [0.2, 0.25) is 0 Å². The SMILES string of the molecule is Cc1cnc(Nc2ccc3c(C)n(C)nc3c2)nc1NC1CC2CN(C(=O)OC(C)(C)C)CC2C1. The number of hydrogen-bond acceptors (Lipinski definition) is 7. The van der Waals surface area contributed by atoms with Crippen molar-refractivity contribution in [1.82, 2.24) is 24.6 Å². The van der Waals surface area contributed by atoms with Gasteiger partial charge in [0.15, 0.2) is 0 Å². The first-order chi connectivity index (χ1) is 16.6. The number of hydrogen-bond donors (Lipinski definition) is 2. The molecule has 9 nitrogen and oxygen atoms in total. The van der Waals surface area contributed by atoms with Crippen LogP contribution in [-0.4, -0.2) is 55.5 Å². The van der Waals surface area contributed by atoms with Gasteiger partial charge in [-0.15, -0.1) is 0 Å². The summed E-state index contributed by atoms with van der Waals surface area (Å²) in [6.45, 7) is 11.3. The maximum absolute atomic E-state index is 12.4. The molecule has 0 spiro atoms. The van der Waals surface area contributed by atoms with Gasteiger partial charge < -0.3 is 20.3 Å². The maximum Gasteiger partial charge on any atom is 0.410 e. The van der Waals surface area contributed by atoms with Crippen molar-refractivity contribution in [3.8, 4) is 0 Å². The van der Waals surface area contributed by atoms with Gasteiger partial charge in [0, 0.05) is 54.7 Å². The van der Waals surface area contributed by atoms with Crippen LogP contribution in [0.25, 0.3) is 10.9 Å². The van der Waals surface area contributed by atoms with Gasteiger partial charge in [-0.1, -0.05) is 0 Å². The van der Waals surface area contributed by atoms with Crippen molar-refractivity contribution in [2.24, 2.45) is 18.9 Å². The number of nitrogens with zero attached hydrogens (tertiary/aromatic N) is 5. The molecule has 1 aromatic carbocycles. The van der Waals surface area contributed by atoms with Gasteiger partial charge in [0.1, 0.15) is 11.4 Å². The standard InChI is InChI=1S/C26H35N7O2/c1-15-12-27-24(29-19-7-8-21-16(2)32(6)31-22(21)11-19)30-23(15)28-20-9-17-13-33(14-18(17)10-20)25(34)35-26(3,4)5/h7-8,11-12,17-18,20H,9-10,13-14H2,1-6H3,(H2,27,28,29,30). The number of aromatic nitrogens is 4. The molecule has 3 heterocycles. The quantitative estimate of drug-likeness (QED) is 0.558. The van der Waals surface area contributed by atoms with Crippen molar-refractivity contribution in [2.75, 3.05) is 23.7 Å². The second-order valence-corrected chi connectivity index (χ2v) is 11.0. The van der Waals surface area contributed by atoms with Gasteiger partial charge in [0.25, 0.3) is 0 Å². The Morgan fingerprint density at radius 1 is 1.14 bits per heavy atom. The van der Waals surface area contributed by atoms with Crippen LogP contribution in [0.5, 0.6) is 0 Å². The Morgan fingerprint density at radius 2 is 1.86 bits per heavy atom. The van der Waals surface area contributed by atoms with E-state index in [0.717, 1.165) is 59.6 Å². The second kappa shape index (κ2) is 8.70. The Bertz CT molecular complexity index is 1250. The summed E-state index contributed by atoms with van der Waals surface area (Å²) >= 11 is 0. The Morgan fingerprint density at radius 3 is 2.54 bits per heavy atom. The Kier molecular flexibility index (Phi) is 5.81. The number of aryl methyl sites for hydroxylation is 3. The molecule has 1 saturated heterocycles. The number of rotatable bonds is 4. The Hall–Kier alpha value is -3.36. The maximum atomic E-state index is 12.4. The number of nitrogens with one attached hydrogen (secondary N) is 2. The minimum atomic E-state index is -0.461. The lowest BCUT2D eigenvalue weighted by Gasteiger charge is -2.25. The summed E-state index contributed by atoms with van der Waals surface area (Å²) in [5.74, 6) is 2.40. The van der Waals surface area contributed by atoms with Crippen LogP contribution < -0.4 is 10.6 Å². The van der Waals surface area contributed by atoms with Crippen molar-refractivity contribution in [3.05, 3.63) is 35.7 Å². The highest BCUT2D eigenvalue weighted by Gasteiger charge is 2.43. The highest BCUT2D eigenvalue weighted by atomic mass is 16.6. The van der Waals surface area contributed by atoms with E-state index in [4.69, 9.17) is 9.72 Å². The van der Waals surface area contributed by atoms with E-state index in [2.05, 4.69) is 33.7 Å². The lowest BCUT2D eigenvalue weighted by Crippen LogP contribution is -2.36. The third-order valence-electron chi connectivity index (χ3n) is 7.10. The van der Waals surface area contributed by atoms with Gasteiger partial charge >= 0.3 is 6.09 Å². The molecule has 35 heavy (non-hydrogen) atoms. The van der Waals surface area contributed by atoms with Crippen molar-refractivity contribution in [1.29, 1.82) is 0 Å². The lowest BCUT2D eigenvalue weighted by molar-refractivity contribution is 0.0280. The molecular formula is C26H35N7O2. The third-order valence-corrected chi connectivity index (χ3v) is 7.10. The first kappa shape index (κ1) is 23.4. The predicted octanol–water partition coefficient (Wildman–Crippen LogP) is 4.78. The molecule has 2 aliphatic rings. The zero-order valence-electron chi connectivity index (χ0n) is 21.4. The fourth-order valence-corrected chi connectivity index (χ4v) is 5.27. The molecule has 5 rings (SSSR count). The molecule has 2 aromatic heterocycles. The summed E-state index contributed by atoms with van der Waals surface area (Å²) in [6.07, 6.45) is 3.69. The minimum Gasteiger partial charge on any atom is -0.444 e. The van der Waals surface area contributed by atoms with Crippen LogP contribution in [0.3, 0.4) is 0 Å².